The standard InChI is InChI=1S/C25H24N4O5S/c1-4-8-16-13-20(30)29-21(23(31)28-18-14-17(33-2)11-12-19(18)34-3)22(35-25(29)27-16)24(32)26-15-9-6-5-7-10-15/h5-7,9-14H,4,8H2,1-3H3,(H,26,32)(H,28,31). The molecule has 0 radical (unpaired) electrons. The second kappa shape index (κ2) is 10.4. The number of methoxy groups -OCH3 is 2. The molecule has 0 aliphatic rings. The molecule has 35 heavy (non-hydrogen) atoms. The molecule has 4 aromatic rings. The van der Waals surface area contributed by atoms with Gasteiger partial charge in [0.1, 0.15) is 22.1 Å². The Labute approximate surface area is 205 Å². The summed E-state index contributed by atoms with van der Waals surface area (Å²) < 4.78 is 11.8. The second-order valence-electron chi connectivity index (χ2n) is 7.57. The van der Waals surface area contributed by atoms with Gasteiger partial charge in [-0.05, 0) is 30.7 Å². The number of hydrogen-bond donors (Lipinski definition) is 2. The summed E-state index contributed by atoms with van der Waals surface area (Å²) in [6.45, 7) is 1.98. The first-order chi connectivity index (χ1) is 16.9. The van der Waals surface area contributed by atoms with E-state index in [1.807, 2.05) is 13.0 Å². The molecular formula is C25H24N4O5S. The zero-order valence-electron chi connectivity index (χ0n) is 19.5. The van der Waals surface area contributed by atoms with E-state index >= 15 is 0 Å². The van der Waals surface area contributed by atoms with Crippen LogP contribution in [0.2, 0.25) is 0 Å². The van der Waals surface area contributed by atoms with Crippen LogP contribution in [0.25, 0.3) is 4.96 Å². The van der Waals surface area contributed by atoms with Crippen LogP contribution in [0.15, 0.2) is 59.4 Å². The molecule has 10 heteroatoms. The molecule has 2 N–H and O–H groups in total. The first kappa shape index (κ1) is 24.0. The van der Waals surface area contributed by atoms with Crippen LogP contribution in [0.1, 0.15) is 39.2 Å². The lowest BCUT2D eigenvalue weighted by Gasteiger charge is -2.12. The summed E-state index contributed by atoms with van der Waals surface area (Å²) in [7, 11) is 2.98. The Morgan fingerprint density at radius 1 is 1.00 bits per heavy atom. The SMILES string of the molecule is CCCc1cc(=O)n2c(C(=O)Nc3cc(OC)ccc3OC)c(C(=O)Nc3ccccc3)sc2n1. The number of fused-ring (bicyclic) bond motifs is 1. The van der Waals surface area contributed by atoms with Crippen molar-refractivity contribution >= 4 is 39.5 Å². The number of thiazole rings is 1. The third kappa shape index (κ3) is 5.02. The molecular weight excluding hydrogens is 468 g/mol. The zero-order chi connectivity index (χ0) is 24.9. The van der Waals surface area contributed by atoms with E-state index in [9.17, 15) is 14.4 Å². The van der Waals surface area contributed by atoms with Gasteiger partial charge in [0, 0.05) is 23.5 Å². The number of carbonyl (C=O) groups is 2. The lowest BCUT2D eigenvalue weighted by Crippen LogP contribution is -2.25. The number of hydrogen-bond acceptors (Lipinski definition) is 7. The number of carbonyl (C=O) groups excluding carboxylic acids is 2. The summed E-state index contributed by atoms with van der Waals surface area (Å²) in [5.74, 6) is -0.287. The van der Waals surface area contributed by atoms with E-state index in [1.165, 1.54) is 24.7 Å². The number of anilines is 2. The summed E-state index contributed by atoms with van der Waals surface area (Å²) in [4.78, 5) is 44.7. The second-order valence-corrected chi connectivity index (χ2v) is 8.55. The molecule has 0 atom stereocenters. The fraction of sp³-hybridized carbons (Fsp3) is 0.200. The fourth-order valence-corrected chi connectivity index (χ4v) is 4.61. The van der Waals surface area contributed by atoms with Crippen molar-refractivity contribution in [1.82, 2.24) is 9.38 Å². The third-order valence-corrected chi connectivity index (χ3v) is 6.23. The van der Waals surface area contributed by atoms with E-state index in [-0.39, 0.29) is 15.5 Å². The van der Waals surface area contributed by atoms with Crippen LogP contribution in [-0.2, 0) is 6.42 Å². The minimum atomic E-state index is -0.659. The number of amides is 2. The molecule has 4 rings (SSSR count). The van der Waals surface area contributed by atoms with Gasteiger partial charge in [0.25, 0.3) is 17.4 Å². The number of nitrogens with zero attached hydrogens (tertiary/aromatic N) is 2. The van der Waals surface area contributed by atoms with Crippen molar-refractivity contribution in [3.05, 3.63) is 81.2 Å². The number of ether oxygens (including phenoxy) is 2. The van der Waals surface area contributed by atoms with E-state index in [2.05, 4.69) is 15.6 Å². The van der Waals surface area contributed by atoms with Crippen molar-refractivity contribution in [2.24, 2.45) is 0 Å². The van der Waals surface area contributed by atoms with Gasteiger partial charge in [0.15, 0.2) is 4.96 Å². The summed E-state index contributed by atoms with van der Waals surface area (Å²) in [6, 6.07) is 15.2. The van der Waals surface area contributed by atoms with Crippen molar-refractivity contribution < 1.29 is 19.1 Å². The smallest absolute Gasteiger partial charge is 0.274 e. The Morgan fingerprint density at radius 3 is 2.46 bits per heavy atom. The number of nitrogens with one attached hydrogen (secondary N) is 2. The molecule has 9 nitrogen and oxygen atoms in total. The zero-order valence-corrected chi connectivity index (χ0v) is 20.3. The maximum absolute atomic E-state index is 13.5. The van der Waals surface area contributed by atoms with Crippen LogP contribution >= 0.6 is 11.3 Å². The van der Waals surface area contributed by atoms with Crippen molar-refractivity contribution in [1.29, 1.82) is 0 Å². The highest BCUT2D eigenvalue weighted by atomic mass is 32.1. The highest BCUT2D eigenvalue weighted by molar-refractivity contribution is 7.19. The monoisotopic (exact) mass is 492 g/mol. The lowest BCUT2D eigenvalue weighted by molar-refractivity contribution is 0.0989. The Hall–Kier alpha value is -4.18. The topological polar surface area (TPSA) is 111 Å². The first-order valence-electron chi connectivity index (χ1n) is 10.9. The molecule has 180 valence electrons. The van der Waals surface area contributed by atoms with E-state index < -0.39 is 17.4 Å². The van der Waals surface area contributed by atoms with E-state index in [1.54, 1.807) is 42.5 Å². The molecule has 2 aromatic heterocycles. The molecule has 0 aliphatic carbocycles. The molecule has 2 heterocycles. The maximum atomic E-state index is 13.5. The Kier molecular flexibility index (Phi) is 7.11. The molecule has 0 fully saturated rings. The number of benzene rings is 2. The lowest BCUT2D eigenvalue weighted by atomic mass is 10.2. The average molecular weight is 493 g/mol. The molecule has 0 saturated heterocycles. The number of aromatic nitrogens is 2. The number of para-hydroxylation sites is 1. The van der Waals surface area contributed by atoms with Crippen molar-refractivity contribution in [3.8, 4) is 11.5 Å². The minimum absolute atomic E-state index is 0.0615. The largest absolute Gasteiger partial charge is 0.497 e. The molecule has 0 spiro atoms. The normalized spacial score (nSPS) is 10.7. The maximum Gasteiger partial charge on any atom is 0.274 e. The van der Waals surface area contributed by atoms with Crippen LogP contribution in [-0.4, -0.2) is 35.4 Å². The number of aryl methyl sites for hydroxylation is 1. The van der Waals surface area contributed by atoms with E-state index in [0.29, 0.717) is 35.0 Å². The van der Waals surface area contributed by atoms with Gasteiger partial charge in [0.2, 0.25) is 0 Å². The minimum Gasteiger partial charge on any atom is -0.497 e. The molecule has 0 aliphatic heterocycles. The third-order valence-electron chi connectivity index (χ3n) is 5.19. The van der Waals surface area contributed by atoms with Gasteiger partial charge in [-0.2, -0.15) is 0 Å². The molecule has 0 bridgehead atoms. The van der Waals surface area contributed by atoms with Gasteiger partial charge in [-0.15, -0.1) is 0 Å². The molecule has 2 amide bonds. The van der Waals surface area contributed by atoms with Gasteiger partial charge in [-0.25, -0.2) is 9.38 Å². The van der Waals surface area contributed by atoms with Gasteiger partial charge in [-0.3, -0.25) is 14.4 Å². The van der Waals surface area contributed by atoms with Crippen LogP contribution in [0.4, 0.5) is 11.4 Å². The van der Waals surface area contributed by atoms with Crippen LogP contribution < -0.4 is 25.7 Å². The summed E-state index contributed by atoms with van der Waals surface area (Å²) in [5.41, 5.74) is 0.951. The van der Waals surface area contributed by atoms with Crippen LogP contribution in [0.5, 0.6) is 11.5 Å². The van der Waals surface area contributed by atoms with Gasteiger partial charge in [0.05, 0.1) is 19.9 Å². The predicted molar refractivity (Wildman–Crippen MR) is 135 cm³/mol. The van der Waals surface area contributed by atoms with Crippen LogP contribution in [0.3, 0.4) is 0 Å². The predicted octanol–water partition coefficient (Wildman–Crippen LogP) is 4.23. The highest BCUT2D eigenvalue weighted by Gasteiger charge is 2.27. The Balaban J connectivity index is 1.83. The molecule has 2 aromatic carbocycles. The quantitative estimate of drug-likeness (QED) is 0.381. The summed E-state index contributed by atoms with van der Waals surface area (Å²) >= 11 is 0.985. The molecule has 0 unspecified atom stereocenters. The number of rotatable bonds is 8. The van der Waals surface area contributed by atoms with E-state index in [4.69, 9.17) is 9.47 Å². The highest BCUT2D eigenvalue weighted by Crippen LogP contribution is 2.30. The van der Waals surface area contributed by atoms with Crippen molar-refractivity contribution in [2.75, 3.05) is 24.9 Å². The van der Waals surface area contributed by atoms with Gasteiger partial charge >= 0.3 is 0 Å². The van der Waals surface area contributed by atoms with Gasteiger partial charge in [-0.1, -0.05) is 42.9 Å². The van der Waals surface area contributed by atoms with Crippen molar-refractivity contribution in [2.45, 2.75) is 19.8 Å². The Bertz CT molecular complexity index is 1450. The van der Waals surface area contributed by atoms with Gasteiger partial charge < -0.3 is 20.1 Å². The fourth-order valence-electron chi connectivity index (χ4n) is 3.57. The average Bonchev–Trinajstić information content (AvgIpc) is 3.25. The van der Waals surface area contributed by atoms with E-state index in [0.717, 1.165) is 17.8 Å². The summed E-state index contributed by atoms with van der Waals surface area (Å²) in [6.07, 6.45) is 1.41. The Morgan fingerprint density at radius 2 is 1.77 bits per heavy atom. The molecule has 0 saturated carbocycles. The van der Waals surface area contributed by atoms with Crippen molar-refractivity contribution in [3.63, 3.8) is 0 Å². The summed E-state index contributed by atoms with van der Waals surface area (Å²) in [5, 5.41) is 5.53. The van der Waals surface area contributed by atoms with Crippen LogP contribution in [0, 0.1) is 0 Å². The first-order valence-corrected chi connectivity index (χ1v) is 11.7.